The van der Waals surface area contributed by atoms with Gasteiger partial charge in [0.25, 0.3) is 5.91 Å². The van der Waals surface area contributed by atoms with E-state index in [9.17, 15) is 14.0 Å². The van der Waals surface area contributed by atoms with Crippen molar-refractivity contribution >= 4 is 35.1 Å². The third-order valence-corrected chi connectivity index (χ3v) is 4.55. The summed E-state index contributed by atoms with van der Waals surface area (Å²) >= 11 is 11.7. The molecule has 1 saturated carbocycles. The van der Waals surface area contributed by atoms with Crippen molar-refractivity contribution in [2.45, 2.75) is 24.2 Å². The number of hydrogen-bond acceptors (Lipinski definition) is 3. The number of alkyl halides is 2. The van der Waals surface area contributed by atoms with Crippen LogP contribution in [0.15, 0.2) is 24.3 Å². The van der Waals surface area contributed by atoms with Gasteiger partial charge in [-0.1, -0.05) is 12.1 Å². The molecule has 0 saturated heterocycles. The highest BCUT2D eigenvalue weighted by atomic mass is 35.5. The lowest BCUT2D eigenvalue weighted by molar-refractivity contribution is -0.153. The lowest BCUT2D eigenvalue weighted by Crippen LogP contribution is -2.31. The smallest absolute Gasteiger partial charge is 0.315 e. The number of carbonyl (C=O) groups excluding carboxylic acids is 2. The molecule has 0 aliphatic heterocycles. The van der Waals surface area contributed by atoms with Gasteiger partial charge in [0, 0.05) is 13.0 Å². The van der Waals surface area contributed by atoms with Gasteiger partial charge in [0.15, 0.2) is 6.61 Å². The van der Waals surface area contributed by atoms with Crippen molar-refractivity contribution in [3.8, 4) is 0 Å². The Balaban J connectivity index is 1.73. The van der Waals surface area contributed by atoms with Crippen molar-refractivity contribution in [3.63, 3.8) is 0 Å². The van der Waals surface area contributed by atoms with Crippen molar-refractivity contribution in [3.05, 3.63) is 35.6 Å². The van der Waals surface area contributed by atoms with E-state index in [2.05, 4.69) is 5.32 Å². The third kappa shape index (κ3) is 3.66. The molecule has 0 radical (unpaired) electrons. The predicted octanol–water partition coefficient (Wildman–Crippen LogP) is 2.57. The second kappa shape index (κ2) is 5.81. The summed E-state index contributed by atoms with van der Waals surface area (Å²) in [6.45, 7) is 1.41. The van der Waals surface area contributed by atoms with Crippen LogP contribution in [0.2, 0.25) is 0 Å². The SMILES string of the molecule is C[C@]1(C(=O)OCC(=O)NCc2ccc(F)cc2)CC1(Cl)Cl. The molecule has 0 unspecified atom stereocenters. The minimum Gasteiger partial charge on any atom is -0.455 e. The summed E-state index contributed by atoms with van der Waals surface area (Å²) in [6.07, 6.45) is 0.305. The number of nitrogens with one attached hydrogen (secondary N) is 1. The summed E-state index contributed by atoms with van der Waals surface area (Å²) in [7, 11) is 0. The number of halogens is 3. The van der Waals surface area contributed by atoms with Crippen LogP contribution in [-0.2, 0) is 20.9 Å². The van der Waals surface area contributed by atoms with Crippen molar-refractivity contribution < 1.29 is 18.7 Å². The molecule has 1 atom stereocenters. The Morgan fingerprint density at radius 2 is 1.90 bits per heavy atom. The standard InChI is InChI=1S/C14H14Cl2FNO3/c1-13(8-14(13,15)16)12(20)21-7-11(19)18-6-9-2-4-10(17)5-3-9/h2-5H,6-8H2,1H3,(H,18,19)/t13-/m1/s1. The van der Waals surface area contributed by atoms with Gasteiger partial charge in [-0.2, -0.15) is 0 Å². The first kappa shape index (κ1) is 16.0. The molecule has 1 aliphatic carbocycles. The van der Waals surface area contributed by atoms with Crippen LogP contribution in [-0.4, -0.2) is 22.8 Å². The molecular formula is C14H14Cl2FNO3. The molecule has 0 aromatic heterocycles. The molecular weight excluding hydrogens is 320 g/mol. The van der Waals surface area contributed by atoms with Gasteiger partial charge in [-0.25, -0.2) is 4.39 Å². The average Bonchev–Trinajstić information content (AvgIpc) is 2.95. The van der Waals surface area contributed by atoms with Crippen LogP contribution >= 0.6 is 23.2 Å². The molecule has 0 spiro atoms. The van der Waals surface area contributed by atoms with E-state index < -0.39 is 28.2 Å². The first-order valence-electron chi connectivity index (χ1n) is 6.31. The molecule has 7 heteroatoms. The Hall–Kier alpha value is -1.33. The quantitative estimate of drug-likeness (QED) is 0.665. The van der Waals surface area contributed by atoms with Gasteiger partial charge in [-0.15, -0.1) is 23.2 Å². The minimum atomic E-state index is -1.12. The molecule has 1 N–H and O–H groups in total. The average molecular weight is 334 g/mol. The van der Waals surface area contributed by atoms with E-state index in [1.807, 2.05) is 0 Å². The van der Waals surface area contributed by atoms with Gasteiger partial charge in [0.05, 0.1) is 0 Å². The van der Waals surface area contributed by atoms with Gasteiger partial charge in [0.1, 0.15) is 15.6 Å². The Labute approximate surface area is 131 Å². The zero-order valence-corrected chi connectivity index (χ0v) is 12.8. The summed E-state index contributed by atoms with van der Waals surface area (Å²) in [5.74, 6) is -1.39. The summed E-state index contributed by atoms with van der Waals surface area (Å²) in [6, 6.07) is 5.72. The van der Waals surface area contributed by atoms with E-state index in [0.717, 1.165) is 5.56 Å². The molecule has 1 aromatic carbocycles. The van der Waals surface area contributed by atoms with Crippen molar-refractivity contribution in [2.24, 2.45) is 5.41 Å². The highest BCUT2D eigenvalue weighted by Crippen LogP contribution is 2.64. The van der Waals surface area contributed by atoms with Gasteiger partial charge in [-0.05, 0) is 24.6 Å². The van der Waals surface area contributed by atoms with Crippen LogP contribution in [0, 0.1) is 11.2 Å². The van der Waals surface area contributed by atoms with Crippen LogP contribution in [0.3, 0.4) is 0 Å². The largest absolute Gasteiger partial charge is 0.455 e. The number of esters is 1. The van der Waals surface area contributed by atoms with Crippen LogP contribution in [0.1, 0.15) is 18.9 Å². The normalized spacial score (nSPS) is 22.5. The lowest BCUT2D eigenvalue weighted by atomic mass is 10.1. The third-order valence-electron chi connectivity index (χ3n) is 3.45. The molecule has 1 amide bonds. The van der Waals surface area contributed by atoms with Crippen LogP contribution < -0.4 is 5.32 Å². The summed E-state index contributed by atoms with van der Waals surface area (Å²) in [5, 5.41) is 2.56. The molecule has 0 bridgehead atoms. The van der Waals surface area contributed by atoms with Crippen molar-refractivity contribution in [2.75, 3.05) is 6.61 Å². The highest BCUT2D eigenvalue weighted by molar-refractivity contribution is 6.53. The molecule has 4 nitrogen and oxygen atoms in total. The first-order chi connectivity index (χ1) is 9.74. The van der Waals surface area contributed by atoms with E-state index in [0.29, 0.717) is 6.42 Å². The summed E-state index contributed by atoms with van der Waals surface area (Å²) < 4.78 is 16.5. The van der Waals surface area contributed by atoms with Gasteiger partial charge in [-0.3, -0.25) is 9.59 Å². The fourth-order valence-electron chi connectivity index (χ4n) is 1.77. The number of carbonyl (C=O) groups is 2. The molecule has 0 heterocycles. The second-order valence-corrected chi connectivity index (χ2v) is 6.68. The van der Waals surface area contributed by atoms with Crippen molar-refractivity contribution in [1.29, 1.82) is 0 Å². The Morgan fingerprint density at radius 1 is 1.33 bits per heavy atom. The highest BCUT2D eigenvalue weighted by Gasteiger charge is 2.69. The fraction of sp³-hybridized carbons (Fsp3) is 0.429. The molecule has 1 fully saturated rings. The monoisotopic (exact) mass is 333 g/mol. The number of ether oxygens (including phenoxy) is 1. The molecule has 1 aliphatic rings. The van der Waals surface area contributed by atoms with E-state index >= 15 is 0 Å². The van der Waals surface area contributed by atoms with Crippen molar-refractivity contribution in [1.82, 2.24) is 5.32 Å². The van der Waals surface area contributed by atoms with E-state index in [1.54, 1.807) is 19.1 Å². The van der Waals surface area contributed by atoms with E-state index in [4.69, 9.17) is 27.9 Å². The molecule has 21 heavy (non-hydrogen) atoms. The molecule has 114 valence electrons. The molecule has 2 rings (SSSR count). The topological polar surface area (TPSA) is 55.4 Å². The Kier molecular flexibility index (Phi) is 4.44. The maximum atomic E-state index is 12.7. The van der Waals surface area contributed by atoms with Gasteiger partial charge < -0.3 is 10.1 Å². The summed E-state index contributed by atoms with van der Waals surface area (Å²) in [5.41, 5.74) is -0.210. The Morgan fingerprint density at radius 3 is 2.43 bits per heavy atom. The van der Waals surface area contributed by atoms with Crippen LogP contribution in [0.5, 0.6) is 0 Å². The van der Waals surface area contributed by atoms with Crippen LogP contribution in [0.25, 0.3) is 0 Å². The van der Waals surface area contributed by atoms with E-state index in [-0.39, 0.29) is 12.4 Å². The maximum absolute atomic E-state index is 12.7. The first-order valence-corrected chi connectivity index (χ1v) is 7.06. The van der Waals surface area contributed by atoms with Crippen LogP contribution in [0.4, 0.5) is 4.39 Å². The van der Waals surface area contributed by atoms with Gasteiger partial charge in [0.2, 0.25) is 0 Å². The number of amides is 1. The Bertz CT molecular complexity index is 562. The fourth-order valence-corrected chi connectivity index (χ4v) is 2.45. The number of hydrogen-bond donors (Lipinski definition) is 1. The lowest BCUT2D eigenvalue weighted by Gasteiger charge is -2.11. The maximum Gasteiger partial charge on any atom is 0.315 e. The molecule has 1 aromatic rings. The minimum absolute atomic E-state index is 0.225. The second-order valence-electron chi connectivity index (χ2n) is 5.19. The van der Waals surface area contributed by atoms with Gasteiger partial charge >= 0.3 is 5.97 Å². The zero-order chi connectivity index (χ0) is 15.7. The zero-order valence-electron chi connectivity index (χ0n) is 11.3. The predicted molar refractivity (Wildman–Crippen MR) is 76.4 cm³/mol. The van der Waals surface area contributed by atoms with E-state index in [1.165, 1.54) is 12.1 Å². The number of rotatable bonds is 5. The summed E-state index contributed by atoms with van der Waals surface area (Å²) in [4.78, 5) is 23.3. The number of benzene rings is 1.